The summed E-state index contributed by atoms with van der Waals surface area (Å²) in [5, 5.41) is 6.41. The van der Waals surface area contributed by atoms with E-state index in [1.807, 2.05) is 50.9 Å². The van der Waals surface area contributed by atoms with Crippen molar-refractivity contribution in [3.8, 4) is 0 Å². The topological polar surface area (TPSA) is 61.4 Å². The zero-order valence-corrected chi connectivity index (χ0v) is 16.9. The fourth-order valence-corrected chi connectivity index (χ4v) is 2.79. The Balaban J connectivity index is 1.92. The Morgan fingerprint density at radius 2 is 1.78 bits per heavy atom. The SMILES string of the molecule is Cc1cc(NC(=O)c2ccc(CN(C)CC(=O)NC(C)C)cc2)ccc1Cl. The first-order chi connectivity index (χ1) is 12.7. The van der Waals surface area contributed by atoms with Crippen molar-refractivity contribution >= 4 is 29.1 Å². The first kappa shape index (κ1) is 20.9. The van der Waals surface area contributed by atoms with Crippen LogP contribution in [0.2, 0.25) is 5.02 Å². The van der Waals surface area contributed by atoms with Crippen molar-refractivity contribution in [3.05, 3.63) is 64.2 Å². The van der Waals surface area contributed by atoms with E-state index in [0.29, 0.717) is 29.4 Å². The number of anilines is 1. The highest BCUT2D eigenvalue weighted by molar-refractivity contribution is 6.31. The van der Waals surface area contributed by atoms with E-state index < -0.39 is 0 Å². The zero-order valence-electron chi connectivity index (χ0n) is 16.2. The monoisotopic (exact) mass is 387 g/mol. The predicted octanol–water partition coefficient (Wildman–Crippen LogP) is 3.86. The molecule has 0 saturated carbocycles. The number of halogens is 1. The van der Waals surface area contributed by atoms with Gasteiger partial charge in [0, 0.05) is 28.9 Å². The molecular weight excluding hydrogens is 362 g/mol. The lowest BCUT2D eigenvalue weighted by Gasteiger charge is -2.17. The standard InChI is InChI=1S/C21H26ClN3O2/c1-14(2)23-20(26)13-25(4)12-16-5-7-17(8-6-16)21(27)24-18-9-10-19(22)15(3)11-18/h5-11,14H,12-13H2,1-4H3,(H,23,26)(H,24,27). The Morgan fingerprint density at radius 3 is 2.37 bits per heavy atom. The van der Waals surface area contributed by atoms with Gasteiger partial charge in [0.25, 0.3) is 5.91 Å². The molecule has 0 bridgehead atoms. The van der Waals surface area contributed by atoms with Crippen LogP contribution >= 0.6 is 11.6 Å². The Morgan fingerprint density at radius 1 is 1.11 bits per heavy atom. The molecule has 0 radical (unpaired) electrons. The van der Waals surface area contributed by atoms with Crippen LogP contribution in [-0.2, 0) is 11.3 Å². The number of amides is 2. The summed E-state index contributed by atoms with van der Waals surface area (Å²) in [5.41, 5.74) is 3.23. The fraction of sp³-hybridized carbons (Fsp3) is 0.333. The normalized spacial score (nSPS) is 10.9. The summed E-state index contributed by atoms with van der Waals surface area (Å²) >= 11 is 6.01. The summed E-state index contributed by atoms with van der Waals surface area (Å²) in [7, 11) is 1.89. The molecule has 2 N–H and O–H groups in total. The summed E-state index contributed by atoms with van der Waals surface area (Å²) < 4.78 is 0. The smallest absolute Gasteiger partial charge is 0.255 e. The van der Waals surface area contributed by atoms with Crippen LogP contribution in [0.4, 0.5) is 5.69 Å². The largest absolute Gasteiger partial charge is 0.353 e. The van der Waals surface area contributed by atoms with Crippen LogP contribution in [0.15, 0.2) is 42.5 Å². The van der Waals surface area contributed by atoms with Gasteiger partial charge in [0.15, 0.2) is 0 Å². The molecule has 6 heteroatoms. The number of nitrogens with zero attached hydrogens (tertiary/aromatic N) is 1. The number of benzene rings is 2. The minimum absolute atomic E-state index is 0.00163. The van der Waals surface area contributed by atoms with Crippen LogP contribution < -0.4 is 10.6 Å². The minimum Gasteiger partial charge on any atom is -0.353 e. The van der Waals surface area contributed by atoms with Crippen LogP contribution in [0.5, 0.6) is 0 Å². The first-order valence-corrected chi connectivity index (χ1v) is 9.26. The number of likely N-dealkylation sites (N-methyl/N-ethyl adjacent to an activating group) is 1. The zero-order chi connectivity index (χ0) is 20.0. The summed E-state index contributed by atoms with van der Waals surface area (Å²) in [5.74, 6) is -0.172. The van der Waals surface area contributed by atoms with E-state index in [4.69, 9.17) is 11.6 Å². The molecular formula is C21H26ClN3O2. The van der Waals surface area contributed by atoms with Crippen LogP contribution in [0.1, 0.15) is 35.3 Å². The molecule has 0 aliphatic carbocycles. The van der Waals surface area contributed by atoms with Crippen LogP contribution in [0.3, 0.4) is 0 Å². The summed E-state index contributed by atoms with van der Waals surface area (Å²) in [6, 6.07) is 12.9. The Kier molecular flexibility index (Phi) is 7.39. The van der Waals surface area contributed by atoms with E-state index in [1.54, 1.807) is 24.3 Å². The van der Waals surface area contributed by atoms with Gasteiger partial charge in [-0.05, 0) is 69.3 Å². The fourth-order valence-electron chi connectivity index (χ4n) is 2.67. The lowest BCUT2D eigenvalue weighted by molar-refractivity contribution is -0.122. The van der Waals surface area contributed by atoms with Gasteiger partial charge in [-0.25, -0.2) is 0 Å². The van der Waals surface area contributed by atoms with E-state index in [-0.39, 0.29) is 17.9 Å². The molecule has 0 aromatic heterocycles. The van der Waals surface area contributed by atoms with Crippen molar-refractivity contribution in [1.29, 1.82) is 0 Å². The molecule has 0 atom stereocenters. The maximum absolute atomic E-state index is 12.4. The number of hydrogen-bond donors (Lipinski definition) is 2. The Bertz CT molecular complexity index is 804. The van der Waals surface area contributed by atoms with Crippen molar-refractivity contribution < 1.29 is 9.59 Å². The highest BCUT2D eigenvalue weighted by atomic mass is 35.5. The molecule has 27 heavy (non-hydrogen) atoms. The molecule has 0 saturated heterocycles. The van der Waals surface area contributed by atoms with Crippen molar-refractivity contribution in [2.45, 2.75) is 33.4 Å². The number of carbonyl (C=O) groups excluding carboxylic acids is 2. The molecule has 0 aliphatic rings. The molecule has 144 valence electrons. The van der Waals surface area contributed by atoms with Gasteiger partial charge in [-0.15, -0.1) is 0 Å². The van der Waals surface area contributed by atoms with Crippen LogP contribution in [0.25, 0.3) is 0 Å². The molecule has 2 rings (SSSR count). The van der Waals surface area contributed by atoms with Crippen LogP contribution in [-0.4, -0.2) is 36.3 Å². The summed E-state index contributed by atoms with van der Waals surface area (Å²) in [6.45, 7) is 6.73. The van der Waals surface area contributed by atoms with Gasteiger partial charge in [-0.2, -0.15) is 0 Å². The third kappa shape index (κ3) is 6.70. The summed E-state index contributed by atoms with van der Waals surface area (Å²) in [4.78, 5) is 26.1. The highest BCUT2D eigenvalue weighted by Crippen LogP contribution is 2.20. The van der Waals surface area contributed by atoms with Gasteiger partial charge in [0.1, 0.15) is 0 Å². The molecule has 5 nitrogen and oxygen atoms in total. The Labute approximate surface area is 165 Å². The highest BCUT2D eigenvalue weighted by Gasteiger charge is 2.10. The van der Waals surface area contributed by atoms with Gasteiger partial charge in [0.05, 0.1) is 6.54 Å². The maximum atomic E-state index is 12.4. The third-order valence-corrected chi connectivity index (χ3v) is 4.37. The van der Waals surface area contributed by atoms with Gasteiger partial charge in [-0.3, -0.25) is 14.5 Å². The minimum atomic E-state index is -0.173. The van der Waals surface area contributed by atoms with Crippen molar-refractivity contribution in [3.63, 3.8) is 0 Å². The number of hydrogen-bond acceptors (Lipinski definition) is 3. The maximum Gasteiger partial charge on any atom is 0.255 e. The molecule has 2 amide bonds. The van der Waals surface area contributed by atoms with E-state index >= 15 is 0 Å². The second-order valence-corrected chi connectivity index (χ2v) is 7.42. The van der Waals surface area contributed by atoms with Crippen LogP contribution in [0, 0.1) is 6.92 Å². The molecule has 0 unspecified atom stereocenters. The molecule has 2 aromatic carbocycles. The average Bonchev–Trinajstić information content (AvgIpc) is 2.57. The second-order valence-electron chi connectivity index (χ2n) is 7.01. The van der Waals surface area contributed by atoms with E-state index in [9.17, 15) is 9.59 Å². The van der Waals surface area contributed by atoms with Crippen molar-refractivity contribution in [1.82, 2.24) is 10.2 Å². The lowest BCUT2D eigenvalue weighted by atomic mass is 10.1. The lowest BCUT2D eigenvalue weighted by Crippen LogP contribution is -2.38. The molecule has 0 aliphatic heterocycles. The van der Waals surface area contributed by atoms with Gasteiger partial charge in [0.2, 0.25) is 5.91 Å². The molecule has 2 aromatic rings. The summed E-state index contributed by atoms with van der Waals surface area (Å²) in [6.07, 6.45) is 0. The van der Waals surface area contributed by atoms with E-state index in [1.165, 1.54) is 0 Å². The molecule has 0 heterocycles. The van der Waals surface area contributed by atoms with E-state index in [0.717, 1.165) is 11.1 Å². The Hall–Kier alpha value is -2.37. The van der Waals surface area contributed by atoms with Crippen molar-refractivity contribution in [2.24, 2.45) is 0 Å². The van der Waals surface area contributed by atoms with Crippen molar-refractivity contribution in [2.75, 3.05) is 18.9 Å². The van der Waals surface area contributed by atoms with E-state index in [2.05, 4.69) is 10.6 Å². The van der Waals surface area contributed by atoms with Gasteiger partial charge < -0.3 is 10.6 Å². The van der Waals surface area contributed by atoms with Gasteiger partial charge >= 0.3 is 0 Å². The number of nitrogens with one attached hydrogen (secondary N) is 2. The second kappa shape index (κ2) is 9.53. The number of carbonyl (C=O) groups is 2. The van der Waals surface area contributed by atoms with Gasteiger partial charge in [-0.1, -0.05) is 23.7 Å². The predicted molar refractivity (Wildman–Crippen MR) is 110 cm³/mol. The third-order valence-electron chi connectivity index (χ3n) is 3.95. The number of rotatable bonds is 7. The quantitative estimate of drug-likeness (QED) is 0.758. The molecule has 0 fully saturated rings. The number of aryl methyl sites for hydroxylation is 1. The first-order valence-electron chi connectivity index (χ1n) is 8.89. The molecule has 0 spiro atoms. The average molecular weight is 388 g/mol.